The van der Waals surface area contributed by atoms with Gasteiger partial charge in [0.15, 0.2) is 0 Å². The largest absolute Gasteiger partial charge is 0.310 e. The van der Waals surface area contributed by atoms with E-state index in [2.05, 4.69) is 93.9 Å². The van der Waals surface area contributed by atoms with Gasteiger partial charge in [-0.2, -0.15) is 0 Å². The van der Waals surface area contributed by atoms with E-state index in [0.717, 1.165) is 92.8 Å². The second kappa shape index (κ2) is 14.2. The summed E-state index contributed by atoms with van der Waals surface area (Å²) in [7, 11) is 65.0. The van der Waals surface area contributed by atoms with Crippen LogP contribution >= 0.6 is 0 Å². The van der Waals surface area contributed by atoms with Crippen LogP contribution < -0.4 is 54.6 Å². The lowest BCUT2D eigenvalue weighted by molar-refractivity contribution is 1.21. The minimum atomic E-state index is 0.168. The number of para-hydroxylation sites is 3. The molecule has 12 aromatic rings. The van der Waals surface area contributed by atoms with Crippen molar-refractivity contribution in [3.63, 3.8) is 0 Å². The summed E-state index contributed by atoms with van der Waals surface area (Å²) in [5, 5.41) is 8.56. The van der Waals surface area contributed by atoms with Gasteiger partial charge in [-0.15, -0.1) is 32.8 Å². The molecule has 0 unspecified atom stereocenters. The fourth-order valence-corrected chi connectivity index (χ4v) is 10.0. The summed E-state index contributed by atoms with van der Waals surface area (Å²) in [5.41, 5.74) is 12.1. The molecule has 0 aliphatic heterocycles. The van der Waals surface area contributed by atoms with Crippen molar-refractivity contribution in [1.82, 2.24) is 13.5 Å². The zero-order valence-corrected chi connectivity index (χ0v) is 34.6. The number of hydrogen-bond acceptors (Lipinski definition) is 0. The summed E-state index contributed by atoms with van der Waals surface area (Å²) in [6.07, 6.45) is 0. The van der Waals surface area contributed by atoms with Crippen LogP contribution in [0, 0.1) is 0 Å². The average Bonchev–Trinajstić information content (AvgIpc) is 4.04. The summed E-state index contributed by atoms with van der Waals surface area (Å²) < 4.78 is 6.45. The molecule has 0 amide bonds. The standard InChI is InChI=1S/C48H19B10N3.C2H6/c49-36-38(51)42(55)47(43(56)39(36)52)59-28-10-4-1-7-22(28)25-17-20(13-14-31(25)59)21-18-26-23-8-2-5-11-29(23)60-33-16-15-32-34(35(33)27(19-21)46(26)60)24-9-3-6-12-30(24)61(32)48-44(57)40(53)37(50)41(54)45(48)58;1-2/h1-19H;1-2H3. The van der Waals surface area contributed by atoms with Gasteiger partial charge in [0.2, 0.25) is 0 Å². The van der Waals surface area contributed by atoms with E-state index in [1.165, 1.54) is 0 Å². The summed E-state index contributed by atoms with van der Waals surface area (Å²) in [5.74, 6) is 0. The Morgan fingerprint density at radius 3 is 1.27 bits per heavy atom. The van der Waals surface area contributed by atoms with Gasteiger partial charge in [0.25, 0.3) is 0 Å². The van der Waals surface area contributed by atoms with Crippen molar-refractivity contribution in [3.8, 4) is 22.5 Å². The molecule has 12 rings (SSSR count). The normalized spacial score (nSPS) is 12.0. The van der Waals surface area contributed by atoms with Crippen molar-refractivity contribution in [3.05, 3.63) is 115 Å². The second-order valence-corrected chi connectivity index (χ2v) is 15.9. The van der Waals surface area contributed by atoms with Crippen LogP contribution in [0.15, 0.2) is 115 Å². The Kier molecular flexibility index (Phi) is 8.91. The molecule has 4 aromatic heterocycles. The Bertz CT molecular complexity index is 3900. The molecule has 0 atom stereocenters. The lowest BCUT2D eigenvalue weighted by atomic mass is 9.61. The molecule has 20 radical (unpaired) electrons. The van der Waals surface area contributed by atoms with Crippen LogP contribution in [0.5, 0.6) is 0 Å². The minimum absolute atomic E-state index is 0.168. The quantitative estimate of drug-likeness (QED) is 0.243. The Morgan fingerprint density at radius 2 is 0.683 bits per heavy atom. The van der Waals surface area contributed by atoms with E-state index in [9.17, 15) is 0 Å². The highest BCUT2D eigenvalue weighted by Gasteiger charge is 2.25. The van der Waals surface area contributed by atoms with Crippen molar-refractivity contribution in [2.45, 2.75) is 13.8 Å². The molecule has 0 spiro atoms. The number of nitrogens with zero attached hydrogens (tertiary/aromatic N) is 3. The fraction of sp³-hybridized carbons (Fsp3) is 0.0400. The van der Waals surface area contributed by atoms with Crippen LogP contribution in [0.4, 0.5) is 0 Å². The molecule has 0 saturated heterocycles. The molecule has 0 bridgehead atoms. The molecule has 8 aromatic carbocycles. The van der Waals surface area contributed by atoms with Crippen molar-refractivity contribution in [2.24, 2.45) is 0 Å². The summed E-state index contributed by atoms with van der Waals surface area (Å²) in [4.78, 5) is 0. The van der Waals surface area contributed by atoms with Crippen LogP contribution in [0.25, 0.3) is 104 Å². The second-order valence-electron chi connectivity index (χ2n) is 15.9. The van der Waals surface area contributed by atoms with Gasteiger partial charge in [-0.3, -0.25) is 0 Å². The number of aromatic nitrogens is 3. The number of rotatable bonds is 3. The van der Waals surface area contributed by atoms with Gasteiger partial charge in [0, 0.05) is 54.5 Å². The Labute approximate surface area is 378 Å². The fourth-order valence-electron chi connectivity index (χ4n) is 10.0. The van der Waals surface area contributed by atoms with Crippen LogP contribution in [-0.2, 0) is 0 Å². The number of fused-ring (bicyclic) bond motifs is 13. The smallest absolute Gasteiger partial charge is 0.115 e. The first-order chi connectivity index (χ1) is 30.5. The van der Waals surface area contributed by atoms with Crippen LogP contribution in [0.2, 0.25) is 0 Å². The van der Waals surface area contributed by atoms with Crippen LogP contribution in [0.3, 0.4) is 0 Å². The van der Waals surface area contributed by atoms with Gasteiger partial charge in [-0.1, -0.05) is 96.4 Å². The van der Waals surface area contributed by atoms with Gasteiger partial charge in [0.1, 0.15) is 78.5 Å². The van der Waals surface area contributed by atoms with Crippen LogP contribution in [-0.4, -0.2) is 92.0 Å². The topological polar surface area (TPSA) is 14.3 Å². The molecule has 3 nitrogen and oxygen atoms in total. The van der Waals surface area contributed by atoms with E-state index < -0.39 is 0 Å². The predicted molar refractivity (Wildman–Crippen MR) is 280 cm³/mol. The van der Waals surface area contributed by atoms with Crippen LogP contribution in [0.1, 0.15) is 13.8 Å². The maximum absolute atomic E-state index is 6.75. The van der Waals surface area contributed by atoms with E-state index in [4.69, 9.17) is 78.5 Å². The van der Waals surface area contributed by atoms with Gasteiger partial charge in [-0.25, -0.2) is 0 Å². The van der Waals surface area contributed by atoms with E-state index in [1.54, 1.807) is 0 Å². The Balaban J connectivity index is 0.00000219. The molecular formula is C50H25B10N3. The number of hydrogen-bond donors (Lipinski definition) is 0. The third-order valence-electron chi connectivity index (χ3n) is 12.9. The van der Waals surface area contributed by atoms with Crippen molar-refractivity contribution >= 4 is 215 Å². The first-order valence-corrected chi connectivity index (χ1v) is 20.7. The summed E-state index contributed by atoms with van der Waals surface area (Å²) >= 11 is 0. The third kappa shape index (κ3) is 5.17. The van der Waals surface area contributed by atoms with E-state index >= 15 is 0 Å². The minimum Gasteiger partial charge on any atom is -0.310 e. The molecule has 0 aliphatic rings. The molecule has 0 aliphatic carbocycles. The predicted octanol–water partition coefficient (Wildman–Crippen LogP) is 1.66. The maximum Gasteiger partial charge on any atom is 0.115 e. The third-order valence-corrected chi connectivity index (χ3v) is 12.9. The zero-order chi connectivity index (χ0) is 43.9. The highest BCUT2D eigenvalue weighted by Crippen LogP contribution is 2.46. The molecule has 0 fully saturated rings. The molecule has 4 heterocycles. The molecule has 0 saturated carbocycles. The van der Waals surface area contributed by atoms with E-state index in [1.807, 2.05) is 48.7 Å². The first kappa shape index (κ1) is 39.6. The zero-order valence-electron chi connectivity index (χ0n) is 34.6. The molecular weight excluding hydrogens is 751 g/mol. The van der Waals surface area contributed by atoms with Crippen molar-refractivity contribution in [1.29, 1.82) is 0 Å². The van der Waals surface area contributed by atoms with Gasteiger partial charge < -0.3 is 13.5 Å². The average molecular weight is 776 g/mol. The van der Waals surface area contributed by atoms with Crippen molar-refractivity contribution < 1.29 is 0 Å². The molecule has 13 heteroatoms. The van der Waals surface area contributed by atoms with Gasteiger partial charge in [0.05, 0.1) is 38.6 Å². The lowest BCUT2D eigenvalue weighted by Crippen LogP contribution is -2.56. The molecule has 270 valence electrons. The monoisotopic (exact) mass is 777 g/mol. The SMILES string of the molecule is CC.[B]c1c([B])c([B])c(-n2c3ccccc3c3cc(-c4cc5c6ccccc6n6c7ccc8c(c9ccccc9n8-c8c([B])c([B])c([B])c([B])c8[B])c7c(c4)c56)ccc32)c([B])c1[B]. The molecule has 0 N–H and O–H groups in total. The molecule has 63 heavy (non-hydrogen) atoms. The summed E-state index contributed by atoms with van der Waals surface area (Å²) in [6.45, 7) is 4.00. The van der Waals surface area contributed by atoms with Crippen molar-refractivity contribution in [2.75, 3.05) is 0 Å². The Hall–Kier alpha value is -6.19. The van der Waals surface area contributed by atoms with Gasteiger partial charge >= 0.3 is 0 Å². The number of benzene rings is 8. The van der Waals surface area contributed by atoms with Gasteiger partial charge in [-0.05, 0) is 65.7 Å². The summed E-state index contributed by atoms with van der Waals surface area (Å²) in [6, 6.07) is 40.2. The van der Waals surface area contributed by atoms with E-state index in [0.29, 0.717) is 11.4 Å². The maximum atomic E-state index is 6.75. The lowest BCUT2D eigenvalue weighted by Gasteiger charge is -2.23. The first-order valence-electron chi connectivity index (χ1n) is 20.7. The highest BCUT2D eigenvalue weighted by molar-refractivity contribution is 6.69. The Morgan fingerprint density at radius 1 is 0.302 bits per heavy atom. The van der Waals surface area contributed by atoms with E-state index in [-0.39, 0.29) is 54.6 Å². The highest BCUT2D eigenvalue weighted by atomic mass is 15.0.